The molecule has 28 heavy (non-hydrogen) atoms. The molecule has 2 aliphatic rings. The number of hydrogen-bond donors (Lipinski definition) is 6. The number of carboxylic acids is 2. The van der Waals surface area contributed by atoms with Crippen molar-refractivity contribution >= 4 is 35.6 Å². The highest BCUT2D eigenvalue weighted by Gasteiger charge is 2.57. The van der Waals surface area contributed by atoms with Crippen molar-refractivity contribution in [2.24, 2.45) is 5.73 Å². The molecule has 7 N–H and O–H groups in total. The van der Waals surface area contributed by atoms with Gasteiger partial charge in [0.1, 0.15) is 10.8 Å². The number of carboxylic acid groups (broad SMARTS) is 2. The predicted molar refractivity (Wildman–Crippen MR) is 103 cm³/mol. The lowest BCUT2D eigenvalue weighted by Gasteiger charge is -2.29. The van der Waals surface area contributed by atoms with Crippen LogP contribution in [-0.4, -0.2) is 69.3 Å². The Hall–Kier alpha value is -2.01. The molecular formula is C17H28N4O6S. The number of urea groups is 1. The summed E-state index contributed by atoms with van der Waals surface area (Å²) in [5.74, 6) is -1.88. The SMILES string of the molecule is NCCCC[C@H](NC(=O)CCCC[C@]1(C(=O)O)SC[C@@H]2NC(=O)N[C@@H]21)C(=O)O. The Morgan fingerprint density at radius 1 is 1.21 bits per heavy atom. The summed E-state index contributed by atoms with van der Waals surface area (Å²) in [6.45, 7) is 0.474. The van der Waals surface area contributed by atoms with E-state index in [-0.39, 0.29) is 24.4 Å². The third-order valence-corrected chi connectivity index (χ3v) is 6.85. The van der Waals surface area contributed by atoms with Crippen molar-refractivity contribution in [3.05, 3.63) is 0 Å². The number of fused-ring (bicyclic) bond motifs is 1. The number of carbonyl (C=O) groups excluding carboxylic acids is 2. The molecule has 0 unspecified atom stereocenters. The molecule has 2 rings (SSSR count). The molecule has 0 aliphatic carbocycles. The molecule has 0 bridgehead atoms. The Labute approximate surface area is 167 Å². The van der Waals surface area contributed by atoms with Crippen molar-refractivity contribution < 1.29 is 29.4 Å². The fraction of sp³-hybridized carbons (Fsp3) is 0.765. The molecule has 2 heterocycles. The van der Waals surface area contributed by atoms with Gasteiger partial charge in [0.2, 0.25) is 5.91 Å². The number of amides is 3. The lowest BCUT2D eigenvalue weighted by molar-refractivity contribution is -0.142. The van der Waals surface area contributed by atoms with Crippen LogP contribution in [-0.2, 0) is 14.4 Å². The standard InChI is InChI=1S/C17H28N4O6S/c18-8-4-2-5-10(14(23)24)19-12(22)6-1-3-7-17(15(25)26)13-11(9-28-17)20-16(27)21-13/h10-11,13H,1-9,18H2,(H,19,22)(H,23,24)(H,25,26)(H2,20,21,27)/t10-,11-,13-,17-/m0/s1. The van der Waals surface area contributed by atoms with Crippen LogP contribution in [0.3, 0.4) is 0 Å². The molecule has 0 radical (unpaired) electrons. The van der Waals surface area contributed by atoms with E-state index in [2.05, 4.69) is 16.0 Å². The highest BCUT2D eigenvalue weighted by molar-refractivity contribution is 8.01. The number of aliphatic carboxylic acids is 2. The van der Waals surface area contributed by atoms with Crippen molar-refractivity contribution in [3.63, 3.8) is 0 Å². The minimum atomic E-state index is -1.11. The molecule has 10 nitrogen and oxygen atoms in total. The molecule has 11 heteroatoms. The fourth-order valence-corrected chi connectivity index (χ4v) is 5.23. The summed E-state index contributed by atoms with van der Waals surface area (Å²) in [4.78, 5) is 46.7. The van der Waals surface area contributed by atoms with E-state index in [0.717, 1.165) is 0 Å². The molecule has 0 saturated carbocycles. The Morgan fingerprint density at radius 3 is 2.61 bits per heavy atom. The summed E-state index contributed by atoms with van der Waals surface area (Å²) in [6, 6.07) is -1.97. The number of carbonyl (C=O) groups is 4. The summed E-state index contributed by atoms with van der Waals surface area (Å²) < 4.78 is -1.11. The van der Waals surface area contributed by atoms with Crippen molar-refractivity contribution in [3.8, 4) is 0 Å². The maximum Gasteiger partial charge on any atom is 0.326 e. The number of nitrogens with one attached hydrogen (secondary N) is 3. The predicted octanol–water partition coefficient (Wildman–Crippen LogP) is -0.135. The maximum atomic E-state index is 12.0. The van der Waals surface area contributed by atoms with E-state index in [1.165, 1.54) is 11.8 Å². The van der Waals surface area contributed by atoms with Crippen LogP contribution in [0.1, 0.15) is 44.9 Å². The third kappa shape index (κ3) is 5.28. The molecule has 0 aromatic rings. The largest absolute Gasteiger partial charge is 0.480 e. The fourth-order valence-electron chi connectivity index (χ4n) is 3.66. The molecule has 4 atom stereocenters. The van der Waals surface area contributed by atoms with E-state index in [1.807, 2.05) is 0 Å². The first-order valence-electron chi connectivity index (χ1n) is 9.47. The first-order chi connectivity index (χ1) is 13.3. The number of thioether (sulfide) groups is 1. The van der Waals surface area contributed by atoms with Gasteiger partial charge in [-0.25, -0.2) is 9.59 Å². The van der Waals surface area contributed by atoms with Crippen LogP contribution >= 0.6 is 11.8 Å². The molecule has 2 aliphatic heterocycles. The quantitative estimate of drug-likeness (QED) is 0.189. The number of hydrogen-bond acceptors (Lipinski definition) is 6. The molecule has 2 fully saturated rings. The lowest BCUT2D eigenvalue weighted by Crippen LogP contribution is -2.51. The molecule has 0 aromatic heterocycles. The zero-order chi connectivity index (χ0) is 20.7. The Morgan fingerprint density at radius 2 is 1.96 bits per heavy atom. The number of nitrogens with two attached hydrogens (primary N) is 1. The van der Waals surface area contributed by atoms with Gasteiger partial charge in [-0.05, 0) is 38.6 Å². The van der Waals surface area contributed by atoms with Gasteiger partial charge in [0.05, 0.1) is 12.1 Å². The Bertz CT molecular complexity index is 618. The molecular weight excluding hydrogens is 388 g/mol. The summed E-state index contributed by atoms with van der Waals surface area (Å²) in [5.41, 5.74) is 5.39. The van der Waals surface area contributed by atoms with E-state index < -0.39 is 28.8 Å². The van der Waals surface area contributed by atoms with Crippen LogP contribution in [0.4, 0.5) is 4.79 Å². The second kappa shape index (κ2) is 9.97. The van der Waals surface area contributed by atoms with E-state index in [1.54, 1.807) is 0 Å². The van der Waals surface area contributed by atoms with Gasteiger partial charge in [0, 0.05) is 12.2 Å². The Kier molecular flexibility index (Phi) is 7.93. The second-order valence-electron chi connectivity index (χ2n) is 7.16. The number of rotatable bonds is 12. The van der Waals surface area contributed by atoms with Crippen LogP contribution in [0, 0.1) is 0 Å². The first-order valence-corrected chi connectivity index (χ1v) is 10.5. The summed E-state index contributed by atoms with van der Waals surface area (Å²) in [6.07, 6.45) is 3.01. The lowest BCUT2D eigenvalue weighted by atomic mass is 9.89. The molecule has 2 saturated heterocycles. The second-order valence-corrected chi connectivity index (χ2v) is 8.51. The van der Waals surface area contributed by atoms with Crippen molar-refractivity contribution in [1.29, 1.82) is 0 Å². The van der Waals surface area contributed by atoms with Crippen molar-refractivity contribution in [2.45, 2.75) is 67.8 Å². The van der Waals surface area contributed by atoms with Crippen LogP contribution in [0.25, 0.3) is 0 Å². The average Bonchev–Trinajstić information content (AvgIpc) is 3.16. The first kappa shape index (κ1) is 22.3. The van der Waals surface area contributed by atoms with Gasteiger partial charge in [-0.2, -0.15) is 0 Å². The highest BCUT2D eigenvalue weighted by Crippen LogP contribution is 2.44. The smallest absolute Gasteiger partial charge is 0.326 e. The van der Waals surface area contributed by atoms with Gasteiger partial charge in [-0.3, -0.25) is 9.59 Å². The average molecular weight is 417 g/mol. The zero-order valence-corrected chi connectivity index (χ0v) is 16.4. The molecule has 0 aromatic carbocycles. The third-order valence-electron chi connectivity index (χ3n) is 5.17. The van der Waals surface area contributed by atoms with Crippen molar-refractivity contribution in [1.82, 2.24) is 16.0 Å². The van der Waals surface area contributed by atoms with E-state index in [9.17, 15) is 29.4 Å². The summed E-state index contributed by atoms with van der Waals surface area (Å²) in [7, 11) is 0. The van der Waals surface area contributed by atoms with Crippen LogP contribution < -0.4 is 21.7 Å². The van der Waals surface area contributed by atoms with Gasteiger partial charge in [-0.15, -0.1) is 11.8 Å². The van der Waals surface area contributed by atoms with Crippen LogP contribution in [0.2, 0.25) is 0 Å². The minimum Gasteiger partial charge on any atom is -0.480 e. The monoisotopic (exact) mass is 416 g/mol. The topological polar surface area (TPSA) is 171 Å². The van der Waals surface area contributed by atoms with Gasteiger partial charge < -0.3 is 31.9 Å². The van der Waals surface area contributed by atoms with Gasteiger partial charge in [-0.1, -0.05) is 6.42 Å². The Balaban J connectivity index is 1.79. The van der Waals surface area contributed by atoms with E-state index >= 15 is 0 Å². The molecule has 158 valence electrons. The van der Waals surface area contributed by atoms with Gasteiger partial charge >= 0.3 is 18.0 Å². The van der Waals surface area contributed by atoms with Gasteiger partial charge in [0.15, 0.2) is 0 Å². The highest BCUT2D eigenvalue weighted by atomic mass is 32.2. The van der Waals surface area contributed by atoms with Crippen molar-refractivity contribution in [2.75, 3.05) is 12.3 Å². The summed E-state index contributed by atoms with van der Waals surface area (Å²) >= 11 is 1.31. The number of unbranched alkanes of at least 4 members (excludes halogenated alkanes) is 2. The van der Waals surface area contributed by atoms with Crippen LogP contribution in [0.15, 0.2) is 0 Å². The summed E-state index contributed by atoms with van der Waals surface area (Å²) in [5, 5.41) is 26.9. The minimum absolute atomic E-state index is 0.125. The maximum absolute atomic E-state index is 12.0. The zero-order valence-electron chi connectivity index (χ0n) is 15.6. The van der Waals surface area contributed by atoms with E-state index in [4.69, 9.17) is 5.73 Å². The van der Waals surface area contributed by atoms with E-state index in [0.29, 0.717) is 50.8 Å². The molecule has 3 amide bonds. The molecule has 0 spiro atoms. The van der Waals surface area contributed by atoms with Gasteiger partial charge in [0.25, 0.3) is 0 Å². The normalized spacial score (nSPS) is 26.8. The van der Waals surface area contributed by atoms with Crippen LogP contribution in [0.5, 0.6) is 0 Å².